The Hall–Kier alpha value is 3.18. The predicted octanol–water partition coefficient (Wildman–Crippen LogP) is -10.4. The van der Waals surface area contributed by atoms with Crippen molar-refractivity contribution < 1.29 is 147 Å². The van der Waals surface area contributed by atoms with Crippen molar-refractivity contribution in [2.45, 2.75) is 30.7 Å². The van der Waals surface area contributed by atoms with Gasteiger partial charge in [0.15, 0.2) is 6.29 Å². The van der Waals surface area contributed by atoms with Crippen LogP contribution in [0.4, 0.5) is 0 Å². The Balaban J connectivity index is 0. The van der Waals surface area contributed by atoms with E-state index in [1.54, 1.807) is 0 Å². The van der Waals surface area contributed by atoms with Crippen LogP contribution in [0.15, 0.2) is 0 Å². The van der Waals surface area contributed by atoms with Crippen LogP contribution >= 0.6 is 7.82 Å². The molecule has 5 atom stereocenters. The van der Waals surface area contributed by atoms with E-state index in [9.17, 15) is 29.7 Å². The third kappa shape index (κ3) is 6.96. The van der Waals surface area contributed by atoms with Crippen molar-refractivity contribution in [1.29, 1.82) is 0 Å². The fourth-order valence-electron chi connectivity index (χ4n) is 1.28. The van der Waals surface area contributed by atoms with E-state index in [2.05, 4.69) is 9.26 Å². The Morgan fingerprint density at radius 3 is 2.00 bits per heavy atom. The normalized spacial score (nSPS) is 36.4. The van der Waals surface area contributed by atoms with Gasteiger partial charge in [-0.3, -0.25) is 0 Å². The summed E-state index contributed by atoms with van der Waals surface area (Å²) in [5, 5.41) is 36.5. The molecule has 9 nitrogen and oxygen atoms in total. The number of phosphoric acid groups is 1. The maximum atomic E-state index is 10.3. The van der Waals surface area contributed by atoms with Crippen LogP contribution in [0, 0.1) is 0 Å². The molecule has 1 fully saturated rings. The quantitative estimate of drug-likeness (QED) is 0.289. The summed E-state index contributed by atoms with van der Waals surface area (Å²) in [6, 6.07) is 0. The van der Waals surface area contributed by atoms with E-state index in [-0.39, 0.29) is 103 Å². The van der Waals surface area contributed by atoms with E-state index in [4.69, 9.17) is 5.11 Å². The zero-order valence-corrected chi connectivity index (χ0v) is 17.0. The molecule has 18 heavy (non-hydrogen) atoms. The van der Waals surface area contributed by atoms with Gasteiger partial charge >= 0.3 is 103 Å². The maximum absolute atomic E-state index is 10.3. The summed E-state index contributed by atoms with van der Waals surface area (Å²) in [7, 11) is -5.41. The number of hydrogen-bond acceptors (Lipinski definition) is 9. The number of hydrogen-bond donors (Lipinski definition) is 4. The van der Waals surface area contributed by atoms with Crippen molar-refractivity contribution in [2.75, 3.05) is 6.61 Å². The average molecular weight is 336 g/mol. The molecule has 96 valence electrons. The first kappa shape index (κ1) is 23.4. The molecule has 4 N–H and O–H groups in total. The van der Waals surface area contributed by atoms with Gasteiger partial charge in [-0.25, -0.2) is 0 Å². The first-order valence-corrected chi connectivity index (χ1v) is 5.73. The zero-order valence-electron chi connectivity index (χ0n) is 9.87. The molecule has 1 rings (SSSR count). The molecule has 0 aromatic rings. The van der Waals surface area contributed by atoms with Gasteiger partial charge < -0.3 is 44.0 Å². The third-order valence-electron chi connectivity index (χ3n) is 2.08. The Kier molecular flexibility index (Phi) is 13.1. The summed E-state index contributed by atoms with van der Waals surface area (Å²) >= 11 is 0. The van der Waals surface area contributed by atoms with Crippen molar-refractivity contribution in [2.24, 2.45) is 0 Å². The molecular weight excluding hydrogens is 325 g/mol. The van der Waals surface area contributed by atoms with Crippen LogP contribution in [0.5, 0.6) is 0 Å². The zero-order chi connectivity index (χ0) is 12.5. The van der Waals surface area contributed by atoms with Crippen molar-refractivity contribution >= 4 is 7.82 Å². The van der Waals surface area contributed by atoms with E-state index < -0.39 is 45.1 Å². The van der Waals surface area contributed by atoms with E-state index in [1.807, 2.05) is 0 Å². The smallest absolute Gasteiger partial charge is 0.790 e. The van der Waals surface area contributed by atoms with E-state index in [0.717, 1.165) is 0 Å². The largest absolute Gasteiger partial charge is 1.00 e. The van der Waals surface area contributed by atoms with Gasteiger partial charge in [0.25, 0.3) is 0 Å². The van der Waals surface area contributed by atoms with Gasteiger partial charge in [0, 0.05) is 0 Å². The molecule has 1 aliphatic rings. The molecule has 0 saturated carbocycles. The number of ether oxygens (including phenoxy) is 1. The molecule has 0 aromatic heterocycles. The molecule has 1 aliphatic heterocycles. The van der Waals surface area contributed by atoms with Crippen LogP contribution in [-0.4, -0.2) is 57.7 Å². The molecule has 0 aromatic carbocycles. The van der Waals surface area contributed by atoms with Gasteiger partial charge in [0.1, 0.15) is 24.4 Å². The summed E-state index contributed by atoms with van der Waals surface area (Å²) < 4.78 is 18.7. The second-order valence-electron chi connectivity index (χ2n) is 3.25. The summed E-state index contributed by atoms with van der Waals surface area (Å²) in [6.45, 7) is -0.743. The minimum atomic E-state index is -5.41. The molecule has 0 radical (unpaired) electrons. The number of phosphoric ester groups is 1. The van der Waals surface area contributed by atoms with Gasteiger partial charge in [-0.2, -0.15) is 0 Å². The standard InChI is InChI=1S/C6H13O9P.2K/c7-1-2-3(8)4(9)5(10)6(14-2)15-16(11,12)13;;/h2-10H,1H2,(H2,11,12,13);;/q;2*+1/p-2/t2-,3-,4-,5-,6-;;/m0../s1. The van der Waals surface area contributed by atoms with Crippen LogP contribution in [0.2, 0.25) is 0 Å². The average Bonchev–Trinajstić information content (AvgIpc) is 2.17. The summed E-state index contributed by atoms with van der Waals surface area (Å²) in [4.78, 5) is 20.6. The van der Waals surface area contributed by atoms with Gasteiger partial charge in [0.2, 0.25) is 0 Å². The number of aliphatic hydroxyl groups is 4. The summed E-state index contributed by atoms with van der Waals surface area (Å²) in [5.41, 5.74) is 0. The van der Waals surface area contributed by atoms with Crippen LogP contribution in [0.1, 0.15) is 0 Å². The predicted molar refractivity (Wildman–Crippen MR) is 42.5 cm³/mol. The van der Waals surface area contributed by atoms with E-state index >= 15 is 0 Å². The molecule has 0 unspecified atom stereocenters. The van der Waals surface area contributed by atoms with Crippen molar-refractivity contribution in [3.63, 3.8) is 0 Å². The number of rotatable bonds is 3. The molecule has 1 heterocycles. The van der Waals surface area contributed by atoms with Crippen molar-refractivity contribution in [3.05, 3.63) is 0 Å². The van der Waals surface area contributed by atoms with Gasteiger partial charge in [-0.1, -0.05) is 0 Å². The molecule has 0 aliphatic carbocycles. The molecule has 0 amide bonds. The second-order valence-corrected chi connectivity index (χ2v) is 4.36. The minimum absolute atomic E-state index is 0. The second kappa shape index (κ2) is 10.1. The first-order chi connectivity index (χ1) is 7.26. The van der Waals surface area contributed by atoms with E-state index in [1.165, 1.54) is 0 Å². The SMILES string of the molecule is O=P([O-])([O-])O[C@@H]1O[C@@H](CO)[C@H](O)[C@H](O)[C@@H]1O.[K+].[K+]. The molecule has 0 spiro atoms. The monoisotopic (exact) mass is 336 g/mol. The first-order valence-electron chi connectivity index (χ1n) is 4.27. The molecular formula is C6H11K2O9P. The molecule has 12 heteroatoms. The van der Waals surface area contributed by atoms with Crippen molar-refractivity contribution in [3.8, 4) is 0 Å². The van der Waals surface area contributed by atoms with Crippen LogP contribution in [-0.2, 0) is 13.8 Å². The van der Waals surface area contributed by atoms with Crippen LogP contribution < -0.4 is 113 Å². The van der Waals surface area contributed by atoms with E-state index in [0.29, 0.717) is 0 Å². The Morgan fingerprint density at radius 2 is 1.61 bits per heavy atom. The maximum Gasteiger partial charge on any atom is 1.00 e. The van der Waals surface area contributed by atoms with Gasteiger partial charge in [0.05, 0.1) is 14.4 Å². The molecule has 1 saturated heterocycles. The Bertz CT molecular complexity index is 284. The summed E-state index contributed by atoms with van der Waals surface area (Å²) in [6.07, 6.45) is -8.61. The van der Waals surface area contributed by atoms with Crippen LogP contribution in [0.25, 0.3) is 0 Å². The Labute approximate surface area is 188 Å². The van der Waals surface area contributed by atoms with Crippen LogP contribution in [0.3, 0.4) is 0 Å². The Morgan fingerprint density at radius 1 is 1.11 bits per heavy atom. The van der Waals surface area contributed by atoms with Gasteiger partial charge in [-0.15, -0.1) is 0 Å². The third-order valence-corrected chi connectivity index (χ3v) is 2.55. The fraction of sp³-hybridized carbons (Fsp3) is 1.00. The summed E-state index contributed by atoms with van der Waals surface area (Å²) in [5.74, 6) is 0. The topological polar surface area (TPSA) is 163 Å². The molecule has 0 bridgehead atoms. The minimum Gasteiger partial charge on any atom is -0.790 e. The van der Waals surface area contributed by atoms with Gasteiger partial charge in [-0.05, 0) is 0 Å². The van der Waals surface area contributed by atoms with Crippen molar-refractivity contribution in [1.82, 2.24) is 0 Å². The number of aliphatic hydroxyl groups excluding tert-OH is 4. The fourth-order valence-corrected chi connectivity index (χ4v) is 1.71.